The van der Waals surface area contributed by atoms with Crippen molar-refractivity contribution >= 4 is 21.6 Å². The summed E-state index contributed by atoms with van der Waals surface area (Å²) in [5, 5.41) is 7.00. The average molecular weight is 312 g/mol. The van der Waals surface area contributed by atoms with Gasteiger partial charge in [0.15, 0.2) is 5.03 Å². The zero-order valence-electron chi connectivity index (χ0n) is 10.7. The van der Waals surface area contributed by atoms with Gasteiger partial charge < -0.3 is 0 Å². The first-order valence-corrected chi connectivity index (χ1v) is 8.17. The van der Waals surface area contributed by atoms with Gasteiger partial charge in [-0.1, -0.05) is 23.7 Å². The number of sulfonamides is 1. The van der Waals surface area contributed by atoms with Crippen LogP contribution in [0.25, 0.3) is 0 Å². The van der Waals surface area contributed by atoms with Crippen LogP contribution in [0, 0.1) is 0 Å². The summed E-state index contributed by atoms with van der Waals surface area (Å²) in [6, 6.07) is 8.68. The van der Waals surface area contributed by atoms with Gasteiger partial charge in [0.25, 0.3) is 10.0 Å². The van der Waals surface area contributed by atoms with Gasteiger partial charge in [0, 0.05) is 11.6 Å². The molecule has 0 amide bonds. The molecule has 1 aliphatic heterocycles. The molecule has 1 fully saturated rings. The third-order valence-corrected chi connectivity index (χ3v) is 5.57. The van der Waals surface area contributed by atoms with Crippen LogP contribution >= 0.6 is 11.6 Å². The minimum absolute atomic E-state index is 0.131. The molecule has 0 spiro atoms. The second kappa shape index (κ2) is 5.20. The SMILES string of the molecule is O=S(=O)(c1ccn[nH]1)N1CCCC1c1cccc(Cl)c1. The van der Waals surface area contributed by atoms with Crippen molar-refractivity contribution in [3.8, 4) is 0 Å². The molecule has 2 aromatic rings. The second-order valence-corrected chi connectivity index (χ2v) is 7.05. The highest BCUT2D eigenvalue weighted by Gasteiger charge is 2.36. The summed E-state index contributed by atoms with van der Waals surface area (Å²) in [7, 11) is -3.53. The zero-order chi connectivity index (χ0) is 14.2. The number of benzene rings is 1. The number of aromatic nitrogens is 2. The van der Waals surface area contributed by atoms with Crippen LogP contribution in [0.5, 0.6) is 0 Å². The Bertz CT molecular complexity index is 700. The van der Waals surface area contributed by atoms with Crippen molar-refractivity contribution in [1.29, 1.82) is 0 Å². The van der Waals surface area contributed by atoms with Crippen LogP contribution in [0.3, 0.4) is 0 Å². The van der Waals surface area contributed by atoms with E-state index >= 15 is 0 Å². The Morgan fingerprint density at radius 3 is 2.90 bits per heavy atom. The molecule has 0 radical (unpaired) electrons. The molecule has 1 saturated heterocycles. The lowest BCUT2D eigenvalue weighted by Crippen LogP contribution is -2.31. The van der Waals surface area contributed by atoms with E-state index in [-0.39, 0.29) is 11.1 Å². The normalized spacial score (nSPS) is 20.4. The average Bonchev–Trinajstić information content (AvgIpc) is 3.11. The fourth-order valence-corrected chi connectivity index (χ4v) is 4.37. The predicted molar refractivity (Wildman–Crippen MR) is 75.9 cm³/mol. The number of rotatable bonds is 3. The zero-order valence-corrected chi connectivity index (χ0v) is 12.2. The third kappa shape index (κ3) is 2.34. The van der Waals surface area contributed by atoms with E-state index in [1.54, 1.807) is 6.07 Å². The van der Waals surface area contributed by atoms with Crippen molar-refractivity contribution in [1.82, 2.24) is 14.5 Å². The van der Waals surface area contributed by atoms with E-state index < -0.39 is 10.0 Å². The smallest absolute Gasteiger partial charge is 0.260 e. The molecule has 0 saturated carbocycles. The highest BCUT2D eigenvalue weighted by Crippen LogP contribution is 2.36. The molecule has 1 unspecified atom stereocenters. The monoisotopic (exact) mass is 311 g/mol. The maximum atomic E-state index is 12.6. The first-order valence-electron chi connectivity index (χ1n) is 6.36. The van der Waals surface area contributed by atoms with Gasteiger partial charge in [-0.3, -0.25) is 5.10 Å². The standard InChI is InChI=1S/C13H14ClN3O2S/c14-11-4-1-3-10(9-11)12-5-2-8-17(12)20(18,19)13-6-7-15-16-13/h1,3-4,6-7,9,12H,2,5,8H2,(H,15,16). The van der Waals surface area contributed by atoms with Crippen LogP contribution in [0.4, 0.5) is 0 Å². The van der Waals surface area contributed by atoms with Gasteiger partial charge in [-0.2, -0.15) is 9.40 Å². The number of hydrogen-bond acceptors (Lipinski definition) is 3. The highest BCUT2D eigenvalue weighted by molar-refractivity contribution is 7.89. The summed E-state index contributed by atoms with van der Waals surface area (Å²) >= 11 is 6.00. The van der Waals surface area contributed by atoms with E-state index in [9.17, 15) is 8.42 Å². The molecular weight excluding hydrogens is 298 g/mol. The first kappa shape index (κ1) is 13.6. The molecule has 5 nitrogen and oxygen atoms in total. The van der Waals surface area contributed by atoms with Gasteiger partial charge in [-0.05, 0) is 36.6 Å². The number of aromatic amines is 1. The van der Waals surface area contributed by atoms with Crippen molar-refractivity contribution < 1.29 is 8.42 Å². The van der Waals surface area contributed by atoms with Crippen molar-refractivity contribution in [3.05, 3.63) is 47.1 Å². The van der Waals surface area contributed by atoms with E-state index in [1.807, 2.05) is 18.2 Å². The Kier molecular flexibility index (Phi) is 3.54. The lowest BCUT2D eigenvalue weighted by Gasteiger charge is -2.23. The lowest BCUT2D eigenvalue weighted by atomic mass is 10.1. The summed E-state index contributed by atoms with van der Waals surface area (Å²) in [5.41, 5.74) is 0.929. The fraction of sp³-hybridized carbons (Fsp3) is 0.308. The minimum Gasteiger partial charge on any atom is -0.266 e. The van der Waals surface area contributed by atoms with Crippen LogP contribution in [0.2, 0.25) is 5.02 Å². The molecule has 1 aromatic heterocycles. The van der Waals surface area contributed by atoms with Crippen LogP contribution in [-0.4, -0.2) is 29.5 Å². The van der Waals surface area contributed by atoms with Gasteiger partial charge >= 0.3 is 0 Å². The molecule has 1 aromatic carbocycles. The lowest BCUT2D eigenvalue weighted by molar-refractivity contribution is 0.395. The Morgan fingerprint density at radius 1 is 1.35 bits per heavy atom. The summed E-state index contributed by atoms with van der Waals surface area (Å²) in [4.78, 5) is 0. The molecule has 3 rings (SSSR count). The van der Waals surface area contributed by atoms with E-state index in [1.165, 1.54) is 16.6 Å². The number of halogens is 1. The summed E-state index contributed by atoms with van der Waals surface area (Å²) in [6.07, 6.45) is 3.08. The molecule has 7 heteroatoms. The molecule has 1 aliphatic rings. The molecule has 1 atom stereocenters. The predicted octanol–water partition coefficient (Wildman–Crippen LogP) is 2.59. The van der Waals surface area contributed by atoms with Gasteiger partial charge in [0.1, 0.15) is 0 Å². The Labute approximate surface area is 122 Å². The Morgan fingerprint density at radius 2 is 2.20 bits per heavy atom. The largest absolute Gasteiger partial charge is 0.266 e. The van der Waals surface area contributed by atoms with Crippen LogP contribution in [0.15, 0.2) is 41.6 Å². The summed E-state index contributed by atoms with van der Waals surface area (Å²) < 4.78 is 26.7. The number of nitrogens with one attached hydrogen (secondary N) is 1. The second-order valence-electron chi connectivity index (χ2n) is 4.75. The molecule has 20 heavy (non-hydrogen) atoms. The Balaban J connectivity index is 1.98. The van der Waals surface area contributed by atoms with E-state index in [2.05, 4.69) is 10.2 Å². The van der Waals surface area contributed by atoms with Crippen molar-refractivity contribution in [2.75, 3.05) is 6.54 Å². The van der Waals surface area contributed by atoms with Gasteiger partial charge in [0.05, 0.1) is 12.2 Å². The van der Waals surface area contributed by atoms with E-state index in [0.29, 0.717) is 11.6 Å². The van der Waals surface area contributed by atoms with Crippen LogP contribution in [-0.2, 0) is 10.0 Å². The minimum atomic E-state index is -3.53. The maximum Gasteiger partial charge on any atom is 0.260 e. The molecule has 2 heterocycles. The number of H-pyrrole nitrogens is 1. The first-order chi connectivity index (χ1) is 9.59. The number of hydrogen-bond donors (Lipinski definition) is 1. The maximum absolute atomic E-state index is 12.6. The molecule has 0 aliphatic carbocycles. The fourth-order valence-electron chi connectivity index (χ4n) is 2.59. The van der Waals surface area contributed by atoms with E-state index in [0.717, 1.165) is 18.4 Å². The van der Waals surface area contributed by atoms with Gasteiger partial charge in [-0.25, -0.2) is 8.42 Å². The molecule has 106 valence electrons. The molecule has 0 bridgehead atoms. The van der Waals surface area contributed by atoms with Crippen molar-refractivity contribution in [2.24, 2.45) is 0 Å². The number of nitrogens with zero attached hydrogens (tertiary/aromatic N) is 2. The quantitative estimate of drug-likeness (QED) is 0.947. The Hall–Kier alpha value is -1.37. The van der Waals surface area contributed by atoms with Crippen molar-refractivity contribution in [2.45, 2.75) is 23.9 Å². The van der Waals surface area contributed by atoms with Gasteiger partial charge in [0.2, 0.25) is 0 Å². The van der Waals surface area contributed by atoms with Gasteiger partial charge in [-0.15, -0.1) is 0 Å². The highest BCUT2D eigenvalue weighted by atomic mass is 35.5. The van der Waals surface area contributed by atoms with Crippen LogP contribution in [0.1, 0.15) is 24.4 Å². The summed E-state index contributed by atoms with van der Waals surface area (Å²) in [5.74, 6) is 0. The topological polar surface area (TPSA) is 66.1 Å². The van der Waals surface area contributed by atoms with Crippen LogP contribution < -0.4 is 0 Å². The van der Waals surface area contributed by atoms with E-state index in [4.69, 9.17) is 11.6 Å². The third-order valence-electron chi connectivity index (χ3n) is 3.50. The molecule has 1 N–H and O–H groups in total. The summed E-state index contributed by atoms with van der Waals surface area (Å²) in [6.45, 7) is 0.512. The molecular formula is C13H14ClN3O2S. The van der Waals surface area contributed by atoms with Crippen molar-refractivity contribution in [3.63, 3.8) is 0 Å².